The van der Waals surface area contributed by atoms with Crippen LogP contribution < -0.4 is 10.1 Å². The van der Waals surface area contributed by atoms with Crippen molar-refractivity contribution in [1.29, 1.82) is 0 Å². The number of rotatable bonds is 6. The van der Waals surface area contributed by atoms with E-state index < -0.39 is 21.5 Å². The van der Waals surface area contributed by atoms with E-state index in [4.69, 9.17) is 4.74 Å². The first kappa shape index (κ1) is 18.8. The third-order valence-electron chi connectivity index (χ3n) is 3.49. The lowest BCUT2D eigenvalue weighted by Gasteiger charge is -2.05. The number of nitrogens with zero attached hydrogens (tertiary/aromatic N) is 1. The van der Waals surface area contributed by atoms with Gasteiger partial charge in [-0.2, -0.15) is 0 Å². The smallest absolute Gasteiger partial charge is 0.241 e. The summed E-state index contributed by atoms with van der Waals surface area (Å²) >= 11 is 4.56. The molecule has 0 aliphatic heterocycles. The van der Waals surface area contributed by atoms with Crippen LogP contribution in [0.4, 0.5) is 5.13 Å². The third kappa shape index (κ3) is 4.80. The molecule has 0 atom stereocenters. The van der Waals surface area contributed by atoms with Crippen molar-refractivity contribution < 1.29 is 17.9 Å². The predicted octanol–water partition coefficient (Wildman–Crippen LogP) is 3.62. The molecule has 1 aromatic heterocycles. The van der Waals surface area contributed by atoms with E-state index in [9.17, 15) is 13.2 Å². The topological polar surface area (TPSA) is 85.4 Å². The molecule has 0 unspecified atom stereocenters. The molecule has 136 valence electrons. The standard InChI is InChI=1S/C17H15BrN2O4S2/c1-24-13-6-7-14-15(8-13)25-17(19-14)20-16(21)10-26(22,23)9-11-2-4-12(18)5-3-11/h2-8H,9-10H2,1H3,(H,19,20,21). The Morgan fingerprint density at radius 2 is 1.96 bits per heavy atom. The first-order valence-electron chi connectivity index (χ1n) is 7.54. The van der Waals surface area contributed by atoms with Crippen molar-refractivity contribution in [2.75, 3.05) is 18.2 Å². The molecule has 26 heavy (non-hydrogen) atoms. The summed E-state index contributed by atoms with van der Waals surface area (Å²) in [6.07, 6.45) is 0. The molecule has 1 amide bonds. The number of carbonyl (C=O) groups excluding carboxylic acids is 1. The van der Waals surface area contributed by atoms with Crippen molar-refractivity contribution in [2.45, 2.75) is 5.75 Å². The van der Waals surface area contributed by atoms with Crippen LogP contribution in [0.2, 0.25) is 0 Å². The first-order chi connectivity index (χ1) is 12.3. The van der Waals surface area contributed by atoms with Crippen LogP contribution in [0.3, 0.4) is 0 Å². The van der Waals surface area contributed by atoms with Gasteiger partial charge in [-0.15, -0.1) is 0 Å². The number of thiazole rings is 1. The summed E-state index contributed by atoms with van der Waals surface area (Å²) in [7, 11) is -2.01. The van der Waals surface area contributed by atoms with E-state index in [1.165, 1.54) is 11.3 Å². The average Bonchev–Trinajstić information content (AvgIpc) is 2.97. The van der Waals surface area contributed by atoms with E-state index >= 15 is 0 Å². The van der Waals surface area contributed by atoms with Crippen LogP contribution in [0.1, 0.15) is 5.56 Å². The van der Waals surface area contributed by atoms with E-state index in [0.29, 0.717) is 22.0 Å². The maximum Gasteiger partial charge on any atom is 0.241 e. The fraction of sp³-hybridized carbons (Fsp3) is 0.176. The minimum atomic E-state index is -3.58. The third-order valence-corrected chi connectivity index (χ3v) is 6.43. The number of ether oxygens (including phenoxy) is 1. The van der Waals surface area contributed by atoms with E-state index in [1.807, 2.05) is 6.07 Å². The predicted molar refractivity (Wildman–Crippen MR) is 106 cm³/mol. The summed E-state index contributed by atoms with van der Waals surface area (Å²) in [6, 6.07) is 12.3. The number of aromatic nitrogens is 1. The van der Waals surface area contributed by atoms with Gasteiger partial charge in [0, 0.05) is 4.47 Å². The van der Waals surface area contributed by atoms with E-state index in [0.717, 1.165) is 9.17 Å². The Hall–Kier alpha value is -1.97. The van der Waals surface area contributed by atoms with Gasteiger partial charge in [0.1, 0.15) is 11.5 Å². The summed E-state index contributed by atoms with van der Waals surface area (Å²) in [6.45, 7) is 0. The molecule has 6 nitrogen and oxygen atoms in total. The number of fused-ring (bicyclic) bond motifs is 1. The van der Waals surface area contributed by atoms with Crippen LogP contribution in [0, 0.1) is 0 Å². The average molecular weight is 455 g/mol. The number of anilines is 1. The summed E-state index contributed by atoms with van der Waals surface area (Å²) in [5, 5.41) is 2.92. The maximum atomic E-state index is 12.2. The van der Waals surface area contributed by atoms with E-state index in [-0.39, 0.29) is 5.75 Å². The van der Waals surface area contributed by atoms with Crippen molar-refractivity contribution in [1.82, 2.24) is 4.98 Å². The van der Waals surface area contributed by atoms with Crippen molar-refractivity contribution >= 4 is 58.4 Å². The summed E-state index contributed by atoms with van der Waals surface area (Å²) < 4.78 is 31.3. The number of methoxy groups -OCH3 is 1. The maximum absolute atomic E-state index is 12.2. The second-order valence-corrected chi connectivity index (χ2v) is 9.57. The summed E-state index contributed by atoms with van der Waals surface area (Å²) in [5.74, 6) is -0.697. The van der Waals surface area contributed by atoms with Crippen molar-refractivity contribution in [3.8, 4) is 5.75 Å². The van der Waals surface area contributed by atoms with Gasteiger partial charge in [0.15, 0.2) is 15.0 Å². The van der Waals surface area contributed by atoms with Gasteiger partial charge in [-0.3, -0.25) is 4.79 Å². The minimum Gasteiger partial charge on any atom is -0.497 e. The van der Waals surface area contributed by atoms with Crippen LogP contribution in [0.5, 0.6) is 5.75 Å². The monoisotopic (exact) mass is 454 g/mol. The second-order valence-electron chi connectivity index (χ2n) is 5.56. The second kappa shape index (κ2) is 7.73. The number of carbonyl (C=O) groups is 1. The molecular formula is C17H15BrN2O4S2. The number of benzene rings is 2. The van der Waals surface area contributed by atoms with Gasteiger partial charge >= 0.3 is 0 Å². The zero-order valence-electron chi connectivity index (χ0n) is 13.7. The van der Waals surface area contributed by atoms with Crippen LogP contribution in [-0.2, 0) is 20.4 Å². The van der Waals surface area contributed by atoms with Gasteiger partial charge < -0.3 is 10.1 Å². The van der Waals surface area contributed by atoms with Crippen LogP contribution in [0.15, 0.2) is 46.9 Å². The molecule has 0 spiro atoms. The zero-order valence-corrected chi connectivity index (χ0v) is 16.9. The molecule has 0 bridgehead atoms. The molecule has 1 heterocycles. The Balaban J connectivity index is 1.66. The van der Waals surface area contributed by atoms with Crippen molar-refractivity contribution in [3.63, 3.8) is 0 Å². The summed E-state index contributed by atoms with van der Waals surface area (Å²) in [5.41, 5.74) is 1.34. The number of nitrogens with one attached hydrogen (secondary N) is 1. The van der Waals surface area contributed by atoms with Crippen LogP contribution in [0.25, 0.3) is 10.2 Å². The molecule has 0 saturated heterocycles. The molecule has 0 fully saturated rings. The lowest BCUT2D eigenvalue weighted by Crippen LogP contribution is -2.23. The van der Waals surface area contributed by atoms with Crippen LogP contribution >= 0.6 is 27.3 Å². The SMILES string of the molecule is COc1ccc2nc(NC(=O)CS(=O)(=O)Cc3ccc(Br)cc3)sc2c1. The normalized spacial score (nSPS) is 11.5. The molecule has 2 aromatic carbocycles. The lowest BCUT2D eigenvalue weighted by atomic mass is 10.2. The van der Waals surface area contributed by atoms with E-state index in [2.05, 4.69) is 26.2 Å². The Morgan fingerprint density at radius 1 is 1.23 bits per heavy atom. The van der Waals surface area contributed by atoms with Crippen molar-refractivity contribution in [2.24, 2.45) is 0 Å². The largest absolute Gasteiger partial charge is 0.497 e. The Bertz CT molecular complexity index is 1050. The molecule has 0 radical (unpaired) electrons. The molecular weight excluding hydrogens is 440 g/mol. The molecule has 0 aliphatic carbocycles. The van der Waals surface area contributed by atoms with Gasteiger partial charge in [0.05, 0.1) is 23.1 Å². The number of hydrogen-bond acceptors (Lipinski definition) is 6. The highest BCUT2D eigenvalue weighted by molar-refractivity contribution is 9.10. The number of halogens is 1. The van der Waals surface area contributed by atoms with Gasteiger partial charge in [0.25, 0.3) is 0 Å². The van der Waals surface area contributed by atoms with Crippen molar-refractivity contribution in [3.05, 3.63) is 52.5 Å². The molecule has 0 saturated carbocycles. The number of amides is 1. The van der Waals surface area contributed by atoms with Gasteiger partial charge in [0.2, 0.25) is 5.91 Å². The number of hydrogen-bond donors (Lipinski definition) is 1. The highest BCUT2D eigenvalue weighted by Gasteiger charge is 2.19. The Morgan fingerprint density at radius 3 is 2.65 bits per heavy atom. The highest BCUT2D eigenvalue weighted by Crippen LogP contribution is 2.29. The number of sulfone groups is 1. The lowest BCUT2D eigenvalue weighted by molar-refractivity contribution is -0.113. The van der Waals surface area contributed by atoms with Gasteiger partial charge in [-0.25, -0.2) is 13.4 Å². The minimum absolute atomic E-state index is 0.190. The fourth-order valence-electron chi connectivity index (χ4n) is 2.33. The van der Waals surface area contributed by atoms with Crippen LogP contribution in [-0.4, -0.2) is 32.2 Å². The zero-order chi connectivity index (χ0) is 18.7. The molecule has 0 aliphatic rings. The molecule has 9 heteroatoms. The highest BCUT2D eigenvalue weighted by atomic mass is 79.9. The van der Waals surface area contributed by atoms with E-state index in [1.54, 1.807) is 43.5 Å². The molecule has 3 aromatic rings. The van der Waals surface area contributed by atoms with Gasteiger partial charge in [-0.1, -0.05) is 39.4 Å². The quantitative estimate of drug-likeness (QED) is 0.614. The fourth-order valence-corrected chi connectivity index (χ4v) is 4.77. The Labute approximate surface area is 163 Å². The molecule has 1 N–H and O–H groups in total. The molecule has 3 rings (SSSR count). The van der Waals surface area contributed by atoms with Gasteiger partial charge in [-0.05, 0) is 35.9 Å². The summed E-state index contributed by atoms with van der Waals surface area (Å²) in [4.78, 5) is 16.4. The first-order valence-corrected chi connectivity index (χ1v) is 11.0. The Kier molecular flexibility index (Phi) is 5.59.